The van der Waals surface area contributed by atoms with E-state index in [1.54, 1.807) is 12.4 Å². The Morgan fingerprint density at radius 3 is 1.97 bits per heavy atom. The molecular weight excluding hydrogens is 540 g/mol. The van der Waals surface area contributed by atoms with Gasteiger partial charge >= 0.3 is 24.3 Å². The Hall–Kier alpha value is -3.88. The average molecular weight is 565 g/mol. The van der Waals surface area contributed by atoms with Gasteiger partial charge in [0.1, 0.15) is 11.9 Å². The lowest BCUT2D eigenvalue weighted by atomic mass is 10.1. The van der Waals surface area contributed by atoms with Gasteiger partial charge in [0.25, 0.3) is 5.91 Å². The van der Waals surface area contributed by atoms with E-state index in [0.717, 1.165) is 43.9 Å². The van der Waals surface area contributed by atoms with Crippen molar-refractivity contribution in [2.75, 3.05) is 26.2 Å². The first-order valence-electron chi connectivity index (χ1n) is 11.3. The molecule has 0 saturated carbocycles. The smallest absolute Gasteiger partial charge is 0.487 e. The van der Waals surface area contributed by atoms with Crippen LogP contribution in [0.5, 0.6) is 5.75 Å². The number of halogens is 6. The number of hydrogen-bond acceptors (Lipinski definition) is 6. The van der Waals surface area contributed by atoms with Crippen LogP contribution in [0, 0.1) is 6.92 Å². The van der Waals surface area contributed by atoms with Crippen molar-refractivity contribution in [3.63, 3.8) is 0 Å². The number of carbonyl (C=O) groups excluding carboxylic acids is 1. The Balaban J connectivity index is 0.000000317. The Labute approximate surface area is 218 Å². The Morgan fingerprint density at radius 1 is 0.923 bits per heavy atom. The number of aromatic nitrogens is 1. The van der Waals surface area contributed by atoms with Gasteiger partial charge in [-0.2, -0.15) is 26.3 Å². The third-order valence-electron chi connectivity index (χ3n) is 5.59. The number of nitrogens with zero attached hydrogens (tertiary/aromatic N) is 3. The second-order valence-electron chi connectivity index (χ2n) is 8.54. The molecule has 9 nitrogen and oxygen atoms in total. The number of aliphatic carboxylic acids is 2. The van der Waals surface area contributed by atoms with Crippen LogP contribution in [-0.4, -0.2) is 93.5 Å². The first kappa shape index (κ1) is 31.3. The van der Waals surface area contributed by atoms with Crippen molar-refractivity contribution >= 4 is 17.8 Å². The van der Waals surface area contributed by atoms with E-state index in [0.29, 0.717) is 6.04 Å². The van der Waals surface area contributed by atoms with Gasteiger partial charge in [-0.25, -0.2) is 9.59 Å². The molecule has 15 heteroatoms. The zero-order chi connectivity index (χ0) is 29.4. The minimum absolute atomic E-state index is 0.135. The van der Waals surface area contributed by atoms with Gasteiger partial charge < -0.3 is 19.8 Å². The summed E-state index contributed by atoms with van der Waals surface area (Å²) in [6, 6.07) is 12.1. The van der Waals surface area contributed by atoms with Gasteiger partial charge in [0.05, 0.1) is 6.20 Å². The number of carboxylic acid groups (broad SMARTS) is 2. The quantitative estimate of drug-likeness (QED) is 0.542. The summed E-state index contributed by atoms with van der Waals surface area (Å²) >= 11 is 0. The van der Waals surface area contributed by atoms with Crippen LogP contribution in [0.25, 0.3) is 0 Å². The van der Waals surface area contributed by atoms with Crippen molar-refractivity contribution in [3.05, 3.63) is 59.9 Å². The highest BCUT2D eigenvalue weighted by molar-refractivity contribution is 5.94. The van der Waals surface area contributed by atoms with Crippen molar-refractivity contribution in [3.8, 4) is 5.75 Å². The minimum Gasteiger partial charge on any atom is -0.487 e. The van der Waals surface area contributed by atoms with Crippen molar-refractivity contribution in [2.24, 2.45) is 0 Å². The highest BCUT2D eigenvalue weighted by atomic mass is 19.4. The first-order chi connectivity index (χ1) is 18.1. The van der Waals surface area contributed by atoms with Gasteiger partial charge in [0.15, 0.2) is 0 Å². The molecular formula is C24H25F6N3O6. The second kappa shape index (κ2) is 13.3. The lowest BCUT2D eigenvalue weighted by Crippen LogP contribution is -2.52. The number of fused-ring (bicyclic) bond motifs is 1. The highest BCUT2D eigenvalue weighted by Crippen LogP contribution is 2.26. The number of ether oxygens (including phenoxy) is 1. The third-order valence-corrected chi connectivity index (χ3v) is 5.59. The van der Waals surface area contributed by atoms with Gasteiger partial charge in [-0.15, -0.1) is 0 Å². The number of carboxylic acids is 2. The van der Waals surface area contributed by atoms with Crippen LogP contribution >= 0.6 is 0 Å². The molecule has 1 aromatic carbocycles. The van der Waals surface area contributed by atoms with Gasteiger partial charge in [0, 0.05) is 50.4 Å². The van der Waals surface area contributed by atoms with Crippen LogP contribution in [0.2, 0.25) is 0 Å². The van der Waals surface area contributed by atoms with Crippen LogP contribution in [-0.2, 0) is 9.59 Å². The maximum atomic E-state index is 12.7. The maximum Gasteiger partial charge on any atom is 0.490 e. The molecule has 0 unspecified atom stereocenters. The lowest BCUT2D eigenvalue weighted by Gasteiger charge is -2.37. The van der Waals surface area contributed by atoms with E-state index in [9.17, 15) is 31.1 Å². The summed E-state index contributed by atoms with van der Waals surface area (Å²) in [5, 5.41) is 14.2. The molecule has 2 N–H and O–H groups in total. The Kier molecular flexibility index (Phi) is 10.7. The monoisotopic (exact) mass is 565 g/mol. The van der Waals surface area contributed by atoms with Gasteiger partial charge in [-0.05, 0) is 31.2 Å². The molecule has 2 atom stereocenters. The van der Waals surface area contributed by atoms with Crippen LogP contribution in [0.4, 0.5) is 26.3 Å². The van der Waals surface area contributed by atoms with E-state index in [-0.39, 0.29) is 12.0 Å². The van der Waals surface area contributed by atoms with Crippen LogP contribution in [0.3, 0.4) is 0 Å². The first-order valence-corrected chi connectivity index (χ1v) is 11.3. The molecule has 39 heavy (non-hydrogen) atoms. The number of carbonyl (C=O) groups is 3. The average Bonchev–Trinajstić information content (AvgIpc) is 3.25. The number of aryl methyl sites for hydroxylation is 1. The maximum absolute atomic E-state index is 12.7. The highest BCUT2D eigenvalue weighted by Gasteiger charge is 2.39. The molecule has 2 aliphatic heterocycles. The normalized spacial score (nSPS) is 19.0. The molecule has 3 heterocycles. The standard InChI is InChI=1S/C20H23N3O2.2C2HF3O2/c1-15-4-6-16(7-5-15)20(24)23-10-9-22-14-19(11-17(22)13-23)25-18-3-2-8-21-12-18;2*3-2(4,5)1(6)7/h2-8,12,17,19H,9-11,13-14H2,1H3;2*(H,6,7)/t17-,19+;;/m0../s1. The van der Waals surface area contributed by atoms with Gasteiger partial charge in [-0.3, -0.25) is 14.7 Å². The minimum atomic E-state index is -5.08. The molecule has 214 valence electrons. The Morgan fingerprint density at radius 2 is 1.49 bits per heavy atom. The molecule has 4 rings (SSSR count). The summed E-state index contributed by atoms with van der Waals surface area (Å²) in [5.74, 6) is -4.56. The van der Waals surface area contributed by atoms with Crippen LogP contribution < -0.4 is 4.74 Å². The molecule has 2 saturated heterocycles. The van der Waals surface area contributed by atoms with E-state index in [4.69, 9.17) is 24.5 Å². The van der Waals surface area contributed by atoms with E-state index >= 15 is 0 Å². The third kappa shape index (κ3) is 10.1. The number of amides is 1. The van der Waals surface area contributed by atoms with Gasteiger partial charge in [-0.1, -0.05) is 17.7 Å². The fourth-order valence-electron chi connectivity index (χ4n) is 3.75. The molecule has 1 amide bonds. The number of hydrogen-bond donors (Lipinski definition) is 2. The molecule has 0 bridgehead atoms. The zero-order valence-electron chi connectivity index (χ0n) is 20.4. The summed E-state index contributed by atoms with van der Waals surface area (Å²) in [6.45, 7) is 5.43. The van der Waals surface area contributed by atoms with Crippen LogP contribution in [0.15, 0.2) is 48.8 Å². The van der Waals surface area contributed by atoms with Crippen molar-refractivity contribution in [1.29, 1.82) is 0 Å². The summed E-state index contributed by atoms with van der Waals surface area (Å²) in [6.07, 6.45) is -5.54. The molecule has 0 aliphatic carbocycles. The van der Waals surface area contributed by atoms with Crippen molar-refractivity contribution < 1.29 is 55.7 Å². The number of rotatable bonds is 3. The van der Waals surface area contributed by atoms with Crippen LogP contribution in [0.1, 0.15) is 22.3 Å². The fourth-order valence-corrected chi connectivity index (χ4v) is 3.75. The molecule has 0 spiro atoms. The SMILES string of the molecule is Cc1ccc(C(=O)N2CCN3C[C@H](Oc4cccnc4)C[C@H]3C2)cc1.O=C(O)C(F)(F)F.O=C(O)C(F)(F)F. The number of alkyl halides is 6. The second-order valence-corrected chi connectivity index (χ2v) is 8.54. The number of piperazine rings is 1. The van der Waals surface area contributed by atoms with E-state index in [1.807, 2.05) is 48.2 Å². The topological polar surface area (TPSA) is 120 Å². The van der Waals surface area contributed by atoms with Gasteiger partial charge in [0.2, 0.25) is 0 Å². The van der Waals surface area contributed by atoms with Crippen molar-refractivity contribution in [2.45, 2.75) is 37.8 Å². The largest absolute Gasteiger partial charge is 0.490 e. The predicted molar refractivity (Wildman–Crippen MR) is 123 cm³/mol. The summed E-state index contributed by atoms with van der Waals surface area (Å²) in [5.41, 5.74) is 1.95. The fraction of sp³-hybridized carbons (Fsp3) is 0.417. The summed E-state index contributed by atoms with van der Waals surface area (Å²) in [4.78, 5) is 39.1. The predicted octanol–water partition coefficient (Wildman–Crippen LogP) is 3.63. The number of benzene rings is 1. The molecule has 2 fully saturated rings. The number of pyridine rings is 1. The molecule has 0 radical (unpaired) electrons. The van der Waals surface area contributed by atoms with E-state index in [1.165, 1.54) is 5.56 Å². The zero-order valence-corrected chi connectivity index (χ0v) is 20.4. The molecule has 2 aliphatic rings. The Bertz CT molecular complexity index is 1090. The lowest BCUT2D eigenvalue weighted by molar-refractivity contribution is -0.193. The molecule has 1 aromatic heterocycles. The summed E-state index contributed by atoms with van der Waals surface area (Å²) in [7, 11) is 0. The molecule has 2 aromatic rings. The summed E-state index contributed by atoms with van der Waals surface area (Å²) < 4.78 is 69.5. The van der Waals surface area contributed by atoms with E-state index in [2.05, 4.69) is 9.88 Å². The van der Waals surface area contributed by atoms with Crippen molar-refractivity contribution in [1.82, 2.24) is 14.8 Å². The van der Waals surface area contributed by atoms with E-state index < -0.39 is 24.3 Å².